The molecule has 0 bridgehead atoms. The SMILES string of the molecule is COc1cc(C(=O)Oc2ccc(C=CC(=O)OCCCCCCc3c(N)cc(N)cc3C(=O)O)cc2)ccc1OCCCCC(F)(F)F. The fourth-order valence-corrected chi connectivity index (χ4v) is 4.67. The van der Waals surface area contributed by atoms with Crippen molar-refractivity contribution < 1.29 is 51.6 Å². The van der Waals surface area contributed by atoms with Crippen LogP contribution < -0.4 is 25.7 Å². The zero-order chi connectivity index (χ0) is 35.1. The van der Waals surface area contributed by atoms with E-state index in [-0.39, 0.29) is 48.7 Å². The zero-order valence-corrected chi connectivity index (χ0v) is 26.5. The van der Waals surface area contributed by atoms with Crippen LogP contribution in [-0.4, -0.2) is 49.5 Å². The minimum absolute atomic E-state index is 0.0546. The number of alkyl halides is 3. The number of rotatable bonds is 18. The molecule has 0 amide bonds. The van der Waals surface area contributed by atoms with Crippen molar-refractivity contribution in [3.05, 3.63) is 82.9 Å². The van der Waals surface area contributed by atoms with Crippen LogP contribution in [0.3, 0.4) is 0 Å². The Hall–Kier alpha value is -5.20. The topological polar surface area (TPSA) is 160 Å². The van der Waals surface area contributed by atoms with Crippen LogP contribution in [0.1, 0.15) is 76.8 Å². The summed E-state index contributed by atoms with van der Waals surface area (Å²) in [6.07, 6.45) is 1.41. The largest absolute Gasteiger partial charge is 0.493 e. The van der Waals surface area contributed by atoms with E-state index in [1.807, 2.05) is 0 Å². The van der Waals surface area contributed by atoms with Gasteiger partial charge in [0, 0.05) is 23.9 Å². The Kier molecular flexibility index (Phi) is 14.1. The van der Waals surface area contributed by atoms with Crippen molar-refractivity contribution >= 4 is 35.4 Å². The van der Waals surface area contributed by atoms with Gasteiger partial charge in [0.1, 0.15) is 5.75 Å². The van der Waals surface area contributed by atoms with Crippen molar-refractivity contribution in [1.82, 2.24) is 0 Å². The van der Waals surface area contributed by atoms with E-state index in [4.69, 9.17) is 30.4 Å². The van der Waals surface area contributed by atoms with Gasteiger partial charge in [-0.1, -0.05) is 25.0 Å². The molecule has 0 atom stereocenters. The molecule has 0 aromatic heterocycles. The lowest BCUT2D eigenvalue weighted by Crippen LogP contribution is -2.10. The summed E-state index contributed by atoms with van der Waals surface area (Å²) in [5.41, 5.74) is 13.9. The number of anilines is 2. The Morgan fingerprint density at radius 3 is 2.25 bits per heavy atom. The van der Waals surface area contributed by atoms with Crippen LogP contribution in [0.4, 0.5) is 24.5 Å². The Morgan fingerprint density at radius 2 is 1.56 bits per heavy atom. The number of carbonyl (C=O) groups is 3. The lowest BCUT2D eigenvalue weighted by atomic mass is 9.98. The van der Waals surface area contributed by atoms with Gasteiger partial charge in [0.2, 0.25) is 0 Å². The lowest BCUT2D eigenvalue weighted by molar-refractivity contribution is -0.138. The molecule has 0 saturated heterocycles. The van der Waals surface area contributed by atoms with Crippen molar-refractivity contribution in [3.8, 4) is 17.2 Å². The first-order valence-corrected chi connectivity index (χ1v) is 15.3. The molecule has 10 nitrogen and oxygen atoms in total. The third kappa shape index (κ3) is 12.5. The summed E-state index contributed by atoms with van der Waals surface area (Å²) in [6.45, 7) is 0.305. The second kappa shape index (κ2) is 18.2. The summed E-state index contributed by atoms with van der Waals surface area (Å²) < 4.78 is 58.3. The highest BCUT2D eigenvalue weighted by molar-refractivity contribution is 5.93. The predicted molar refractivity (Wildman–Crippen MR) is 174 cm³/mol. The standard InChI is InChI=1S/C35H39F3N2O8/c1-45-31-20-24(12-15-30(31)46-18-7-5-17-35(36,37)38)34(44)48-26-13-9-23(10-14-26)11-16-32(41)47-19-6-3-2-4-8-27-28(33(42)43)21-25(39)22-29(27)40/h9-16,20-22H,2-8,17-19,39-40H2,1H3,(H,42,43). The molecule has 0 aliphatic heterocycles. The average molecular weight is 673 g/mol. The van der Waals surface area contributed by atoms with Crippen molar-refractivity contribution in [2.24, 2.45) is 0 Å². The number of hydrogen-bond acceptors (Lipinski definition) is 9. The molecule has 3 aromatic rings. The first-order valence-electron chi connectivity index (χ1n) is 15.3. The van der Waals surface area contributed by atoms with Crippen LogP contribution in [0.15, 0.2) is 60.7 Å². The number of esters is 2. The monoisotopic (exact) mass is 672 g/mol. The minimum Gasteiger partial charge on any atom is -0.493 e. The van der Waals surface area contributed by atoms with Gasteiger partial charge in [0.05, 0.1) is 31.5 Å². The van der Waals surface area contributed by atoms with Gasteiger partial charge >= 0.3 is 24.1 Å². The van der Waals surface area contributed by atoms with E-state index >= 15 is 0 Å². The maximum atomic E-state index is 12.7. The van der Waals surface area contributed by atoms with E-state index in [0.717, 1.165) is 19.3 Å². The van der Waals surface area contributed by atoms with Gasteiger partial charge in [-0.05, 0) is 91.8 Å². The molecule has 13 heteroatoms. The van der Waals surface area contributed by atoms with Crippen LogP contribution >= 0.6 is 0 Å². The molecule has 0 fully saturated rings. The van der Waals surface area contributed by atoms with Crippen molar-refractivity contribution in [3.63, 3.8) is 0 Å². The molecule has 0 spiro atoms. The Balaban J connectivity index is 1.37. The molecule has 0 radical (unpaired) electrons. The highest BCUT2D eigenvalue weighted by Gasteiger charge is 2.26. The summed E-state index contributed by atoms with van der Waals surface area (Å²) in [7, 11) is 1.38. The van der Waals surface area contributed by atoms with Gasteiger partial charge in [0.15, 0.2) is 11.5 Å². The number of halogens is 3. The molecule has 48 heavy (non-hydrogen) atoms. The molecule has 5 N–H and O–H groups in total. The quantitative estimate of drug-likeness (QED) is 0.0413. The lowest BCUT2D eigenvalue weighted by Gasteiger charge is -2.12. The maximum Gasteiger partial charge on any atom is 0.389 e. The number of aromatic carboxylic acids is 1. The fraction of sp³-hybridized carbons (Fsp3) is 0.343. The first-order chi connectivity index (χ1) is 22.9. The van der Waals surface area contributed by atoms with Gasteiger partial charge in [-0.25, -0.2) is 14.4 Å². The van der Waals surface area contributed by atoms with Crippen molar-refractivity contribution in [2.75, 3.05) is 31.8 Å². The highest BCUT2D eigenvalue weighted by Crippen LogP contribution is 2.30. The smallest absolute Gasteiger partial charge is 0.389 e. The average Bonchev–Trinajstić information content (AvgIpc) is 3.03. The van der Waals surface area contributed by atoms with Gasteiger partial charge < -0.3 is 35.5 Å². The van der Waals surface area contributed by atoms with E-state index in [1.165, 1.54) is 37.5 Å². The maximum absolute atomic E-state index is 12.7. The number of methoxy groups -OCH3 is 1. The molecule has 0 aliphatic carbocycles. The third-order valence-electron chi connectivity index (χ3n) is 7.12. The summed E-state index contributed by atoms with van der Waals surface area (Å²) >= 11 is 0. The van der Waals surface area contributed by atoms with Crippen LogP contribution in [0, 0.1) is 0 Å². The van der Waals surface area contributed by atoms with Gasteiger partial charge in [-0.2, -0.15) is 13.2 Å². The van der Waals surface area contributed by atoms with Crippen molar-refractivity contribution in [2.45, 2.75) is 57.5 Å². The Labute approximate surface area is 276 Å². The molecule has 3 rings (SSSR count). The summed E-state index contributed by atoms with van der Waals surface area (Å²) in [5.74, 6) is -1.43. The molecular weight excluding hydrogens is 633 g/mol. The Morgan fingerprint density at radius 1 is 0.854 bits per heavy atom. The van der Waals surface area contributed by atoms with E-state index in [0.29, 0.717) is 41.1 Å². The fourth-order valence-electron chi connectivity index (χ4n) is 4.67. The number of carbonyl (C=O) groups excluding carboxylic acids is 2. The van der Waals surface area contributed by atoms with Crippen LogP contribution in [0.25, 0.3) is 6.08 Å². The van der Waals surface area contributed by atoms with Crippen molar-refractivity contribution in [1.29, 1.82) is 0 Å². The number of benzene rings is 3. The van der Waals surface area contributed by atoms with Gasteiger partial charge in [-0.15, -0.1) is 0 Å². The van der Waals surface area contributed by atoms with E-state index in [9.17, 15) is 32.7 Å². The van der Waals surface area contributed by atoms with E-state index in [1.54, 1.807) is 36.4 Å². The molecule has 0 heterocycles. The molecule has 0 unspecified atom stereocenters. The summed E-state index contributed by atoms with van der Waals surface area (Å²) in [4.78, 5) is 36.3. The van der Waals surface area contributed by atoms with Crippen LogP contribution in [0.5, 0.6) is 17.2 Å². The number of nitrogens with two attached hydrogens (primary N) is 2. The second-order valence-electron chi connectivity index (χ2n) is 10.9. The molecular formula is C35H39F3N2O8. The number of carboxylic acid groups (broad SMARTS) is 1. The molecule has 3 aromatic carbocycles. The van der Waals surface area contributed by atoms with E-state index in [2.05, 4.69) is 0 Å². The number of carboxylic acids is 1. The normalized spacial score (nSPS) is 11.3. The van der Waals surface area contributed by atoms with Crippen LogP contribution in [0.2, 0.25) is 0 Å². The second-order valence-corrected chi connectivity index (χ2v) is 10.9. The van der Waals surface area contributed by atoms with Gasteiger partial charge in [0.25, 0.3) is 0 Å². The number of nitrogen functional groups attached to an aromatic ring is 2. The first kappa shape index (κ1) is 37.3. The van der Waals surface area contributed by atoms with E-state index < -0.39 is 30.5 Å². The zero-order valence-electron chi connectivity index (χ0n) is 26.5. The highest BCUT2D eigenvalue weighted by atomic mass is 19.4. The summed E-state index contributed by atoms with van der Waals surface area (Å²) in [6, 6.07) is 13.8. The minimum atomic E-state index is -4.20. The molecule has 258 valence electrons. The number of unbranched alkanes of at least 4 members (excludes halogenated alkanes) is 4. The predicted octanol–water partition coefficient (Wildman–Crippen LogP) is 7.25. The third-order valence-corrected chi connectivity index (χ3v) is 7.12. The Bertz CT molecular complexity index is 1570. The number of ether oxygens (including phenoxy) is 4. The number of hydrogen-bond donors (Lipinski definition) is 3. The summed E-state index contributed by atoms with van der Waals surface area (Å²) in [5, 5.41) is 9.39. The van der Waals surface area contributed by atoms with Crippen LogP contribution in [-0.2, 0) is 16.0 Å². The molecule has 0 saturated carbocycles. The van der Waals surface area contributed by atoms with Gasteiger partial charge in [-0.3, -0.25) is 0 Å². The molecule has 0 aliphatic rings.